The Morgan fingerprint density at radius 1 is 1.15 bits per heavy atom. The molecule has 2 aromatic rings. The molecule has 2 aliphatic heterocycles. The van der Waals surface area contributed by atoms with Crippen molar-refractivity contribution in [1.29, 1.82) is 0 Å². The van der Waals surface area contributed by atoms with Gasteiger partial charge in [-0.1, -0.05) is 29.8 Å². The molecule has 0 radical (unpaired) electrons. The number of rotatable bonds is 6. The van der Waals surface area contributed by atoms with Gasteiger partial charge in [0.1, 0.15) is 0 Å². The van der Waals surface area contributed by atoms with E-state index >= 15 is 0 Å². The number of hydrogen-bond donors (Lipinski definition) is 1. The molecule has 2 aromatic carbocycles. The lowest BCUT2D eigenvalue weighted by Gasteiger charge is -2.31. The van der Waals surface area contributed by atoms with Gasteiger partial charge in [0.05, 0.1) is 10.8 Å². The quantitative estimate of drug-likeness (QED) is 0.684. The second-order valence-electron chi connectivity index (χ2n) is 9.46. The topological polar surface area (TPSA) is 86.8 Å². The standard InChI is InChI=1S/C26H33N3O4S/c1-18-6-4-7-21(14-18)11-12-27-26(31)22-8-5-13-28(17-22)34(32,33)24-9-10-25-23(16-24)15-19(2)29(25)20(3)30/h4,6-7,9-10,14,16,19,22H,5,8,11-13,15,17H2,1-3H3,(H,27,31). The van der Waals surface area contributed by atoms with E-state index < -0.39 is 10.0 Å². The molecule has 0 spiro atoms. The second kappa shape index (κ2) is 9.88. The van der Waals surface area contributed by atoms with Crippen molar-refractivity contribution < 1.29 is 18.0 Å². The normalized spacial score (nSPS) is 20.7. The lowest BCUT2D eigenvalue weighted by molar-refractivity contribution is -0.126. The van der Waals surface area contributed by atoms with Crippen LogP contribution in [0.3, 0.4) is 0 Å². The number of nitrogens with zero attached hydrogens (tertiary/aromatic N) is 2. The number of hydrogen-bond acceptors (Lipinski definition) is 4. The van der Waals surface area contributed by atoms with Gasteiger partial charge in [0.25, 0.3) is 0 Å². The summed E-state index contributed by atoms with van der Waals surface area (Å²) in [6, 6.07) is 13.2. The number of aryl methyl sites for hydroxylation is 1. The van der Waals surface area contributed by atoms with Gasteiger partial charge in [0.2, 0.25) is 21.8 Å². The van der Waals surface area contributed by atoms with E-state index in [0.717, 1.165) is 17.7 Å². The molecule has 4 rings (SSSR count). The smallest absolute Gasteiger partial charge is 0.243 e. The van der Waals surface area contributed by atoms with Crippen molar-refractivity contribution >= 4 is 27.5 Å². The van der Waals surface area contributed by atoms with Crippen LogP contribution >= 0.6 is 0 Å². The number of nitrogens with one attached hydrogen (secondary N) is 1. The van der Waals surface area contributed by atoms with Crippen LogP contribution in [0.4, 0.5) is 5.69 Å². The monoisotopic (exact) mass is 483 g/mol. The summed E-state index contributed by atoms with van der Waals surface area (Å²) < 4.78 is 28.2. The summed E-state index contributed by atoms with van der Waals surface area (Å²) in [7, 11) is -3.72. The number of piperidine rings is 1. The van der Waals surface area contributed by atoms with Gasteiger partial charge >= 0.3 is 0 Å². The van der Waals surface area contributed by atoms with E-state index in [-0.39, 0.29) is 35.2 Å². The van der Waals surface area contributed by atoms with Crippen LogP contribution in [0, 0.1) is 12.8 Å². The van der Waals surface area contributed by atoms with Crippen molar-refractivity contribution in [1.82, 2.24) is 9.62 Å². The highest BCUT2D eigenvalue weighted by Crippen LogP contribution is 2.35. The highest BCUT2D eigenvalue weighted by atomic mass is 32.2. The van der Waals surface area contributed by atoms with Crippen molar-refractivity contribution in [3.8, 4) is 0 Å². The Hall–Kier alpha value is -2.71. The number of anilines is 1. The third kappa shape index (κ3) is 5.03. The number of sulfonamides is 1. The van der Waals surface area contributed by atoms with E-state index in [1.54, 1.807) is 23.1 Å². The Morgan fingerprint density at radius 2 is 1.94 bits per heavy atom. The zero-order valence-electron chi connectivity index (χ0n) is 20.1. The van der Waals surface area contributed by atoms with Gasteiger partial charge in [-0.3, -0.25) is 9.59 Å². The molecule has 0 bridgehead atoms. The van der Waals surface area contributed by atoms with E-state index in [1.165, 1.54) is 22.4 Å². The molecule has 1 saturated heterocycles. The number of carbonyl (C=O) groups is 2. The Kier molecular flexibility index (Phi) is 7.09. The molecule has 1 fully saturated rings. The van der Waals surface area contributed by atoms with E-state index in [4.69, 9.17) is 0 Å². The molecule has 182 valence electrons. The van der Waals surface area contributed by atoms with E-state index in [2.05, 4.69) is 11.4 Å². The summed E-state index contributed by atoms with van der Waals surface area (Å²) >= 11 is 0. The molecule has 8 heteroatoms. The van der Waals surface area contributed by atoms with Crippen LogP contribution in [-0.4, -0.2) is 50.2 Å². The number of benzene rings is 2. The lowest BCUT2D eigenvalue weighted by Crippen LogP contribution is -2.45. The first-order valence-corrected chi connectivity index (χ1v) is 13.4. The van der Waals surface area contributed by atoms with Crippen molar-refractivity contribution in [2.45, 2.75) is 57.4 Å². The van der Waals surface area contributed by atoms with Gasteiger partial charge in [0.15, 0.2) is 0 Å². The molecule has 2 unspecified atom stereocenters. The van der Waals surface area contributed by atoms with Gasteiger partial charge in [-0.15, -0.1) is 0 Å². The fourth-order valence-corrected chi connectivity index (χ4v) is 6.69. The first-order chi connectivity index (χ1) is 16.2. The molecule has 2 amide bonds. The van der Waals surface area contributed by atoms with Crippen LogP contribution in [0.2, 0.25) is 0 Å². The maximum Gasteiger partial charge on any atom is 0.243 e. The molecule has 2 aliphatic rings. The Balaban J connectivity index is 1.41. The Labute approximate surface area is 202 Å². The van der Waals surface area contributed by atoms with Gasteiger partial charge in [-0.05, 0) is 68.9 Å². The van der Waals surface area contributed by atoms with E-state index in [1.807, 2.05) is 32.0 Å². The van der Waals surface area contributed by atoms with Crippen molar-refractivity contribution in [2.24, 2.45) is 5.92 Å². The molecule has 0 aliphatic carbocycles. The highest BCUT2D eigenvalue weighted by Gasteiger charge is 2.35. The molecule has 0 aromatic heterocycles. The highest BCUT2D eigenvalue weighted by molar-refractivity contribution is 7.89. The summed E-state index contributed by atoms with van der Waals surface area (Å²) in [5.74, 6) is -0.495. The van der Waals surface area contributed by atoms with Crippen LogP contribution in [0.25, 0.3) is 0 Å². The maximum atomic E-state index is 13.4. The van der Waals surface area contributed by atoms with E-state index in [9.17, 15) is 18.0 Å². The fraction of sp³-hybridized carbons (Fsp3) is 0.462. The zero-order valence-corrected chi connectivity index (χ0v) is 20.9. The Morgan fingerprint density at radius 3 is 2.68 bits per heavy atom. The number of carbonyl (C=O) groups excluding carboxylic acids is 2. The van der Waals surface area contributed by atoms with Gasteiger partial charge in [0, 0.05) is 38.3 Å². The molecule has 7 nitrogen and oxygen atoms in total. The van der Waals surface area contributed by atoms with Crippen molar-refractivity contribution in [3.63, 3.8) is 0 Å². The largest absolute Gasteiger partial charge is 0.355 e. The van der Waals surface area contributed by atoms with E-state index in [0.29, 0.717) is 32.4 Å². The molecular weight excluding hydrogens is 450 g/mol. The molecular formula is C26H33N3O4S. The second-order valence-corrected chi connectivity index (χ2v) is 11.4. The summed E-state index contributed by atoms with van der Waals surface area (Å²) in [5, 5.41) is 2.99. The summed E-state index contributed by atoms with van der Waals surface area (Å²) in [6.45, 7) is 6.65. The fourth-order valence-electron chi connectivity index (χ4n) is 5.11. The number of amides is 2. The molecule has 1 N–H and O–H groups in total. The van der Waals surface area contributed by atoms with Gasteiger partial charge < -0.3 is 10.2 Å². The zero-order chi connectivity index (χ0) is 24.5. The minimum Gasteiger partial charge on any atom is -0.355 e. The van der Waals surface area contributed by atoms with Crippen LogP contribution in [0.15, 0.2) is 47.4 Å². The maximum absolute atomic E-state index is 13.4. The first-order valence-electron chi connectivity index (χ1n) is 11.9. The predicted octanol–water partition coefficient (Wildman–Crippen LogP) is 3.05. The average molecular weight is 484 g/mol. The van der Waals surface area contributed by atoms with Gasteiger partial charge in [-0.2, -0.15) is 4.31 Å². The van der Waals surface area contributed by atoms with Crippen molar-refractivity contribution in [2.75, 3.05) is 24.5 Å². The first kappa shape index (κ1) is 24.4. The van der Waals surface area contributed by atoms with Crippen LogP contribution in [-0.2, 0) is 32.5 Å². The summed E-state index contributed by atoms with van der Waals surface area (Å²) in [6.07, 6.45) is 2.70. The van der Waals surface area contributed by atoms with Crippen LogP contribution < -0.4 is 10.2 Å². The van der Waals surface area contributed by atoms with Gasteiger partial charge in [-0.25, -0.2) is 8.42 Å². The molecule has 0 saturated carbocycles. The summed E-state index contributed by atoms with van der Waals surface area (Å²) in [4.78, 5) is 26.7. The van der Waals surface area contributed by atoms with Crippen LogP contribution in [0.5, 0.6) is 0 Å². The van der Waals surface area contributed by atoms with Crippen molar-refractivity contribution in [3.05, 3.63) is 59.2 Å². The Bertz CT molecular complexity index is 1190. The molecule has 2 heterocycles. The third-order valence-corrected chi connectivity index (χ3v) is 8.66. The predicted molar refractivity (Wildman–Crippen MR) is 132 cm³/mol. The third-order valence-electron chi connectivity index (χ3n) is 6.79. The molecule has 2 atom stereocenters. The minimum absolute atomic E-state index is 0.00770. The SMILES string of the molecule is CC(=O)N1c2ccc(S(=O)(=O)N3CCCC(C(=O)NCCc4cccc(C)c4)C3)cc2CC1C. The summed E-state index contributed by atoms with van der Waals surface area (Å²) in [5.41, 5.74) is 4.00. The minimum atomic E-state index is -3.72. The average Bonchev–Trinajstić information content (AvgIpc) is 3.14. The molecule has 34 heavy (non-hydrogen) atoms. The lowest BCUT2D eigenvalue weighted by atomic mass is 9.98. The van der Waals surface area contributed by atoms with Crippen LogP contribution in [0.1, 0.15) is 43.4 Å². The number of fused-ring (bicyclic) bond motifs is 1.